The molecular formula is C22H20N4O2S2. The van der Waals surface area contributed by atoms with Crippen molar-refractivity contribution in [2.24, 2.45) is 0 Å². The van der Waals surface area contributed by atoms with Gasteiger partial charge in [0.2, 0.25) is 5.91 Å². The van der Waals surface area contributed by atoms with E-state index in [1.165, 1.54) is 11.8 Å². The second-order valence-corrected chi connectivity index (χ2v) is 8.58. The first-order valence-electron chi connectivity index (χ1n) is 9.43. The van der Waals surface area contributed by atoms with Crippen LogP contribution in [0.15, 0.2) is 58.5 Å². The van der Waals surface area contributed by atoms with Crippen LogP contribution in [0.3, 0.4) is 0 Å². The number of thiazole rings is 1. The van der Waals surface area contributed by atoms with Crippen molar-refractivity contribution in [3.63, 3.8) is 0 Å². The molecule has 2 aromatic heterocycles. The summed E-state index contributed by atoms with van der Waals surface area (Å²) in [6, 6.07) is 15.7. The average Bonchev–Trinajstić information content (AvgIpc) is 3.17. The molecule has 2 N–H and O–H groups in total. The Kier molecular flexibility index (Phi) is 5.96. The fraction of sp³-hybridized carbons (Fsp3) is 0.182. The summed E-state index contributed by atoms with van der Waals surface area (Å²) in [4.78, 5) is 36.3. The molecule has 4 rings (SSSR count). The normalized spacial score (nSPS) is 11.0. The molecule has 0 aliphatic heterocycles. The van der Waals surface area contributed by atoms with Gasteiger partial charge >= 0.3 is 0 Å². The predicted octanol–water partition coefficient (Wildman–Crippen LogP) is 4.65. The highest BCUT2D eigenvalue weighted by Gasteiger charge is 2.11. The maximum absolute atomic E-state index is 12.3. The predicted molar refractivity (Wildman–Crippen MR) is 123 cm³/mol. The van der Waals surface area contributed by atoms with Crippen molar-refractivity contribution in [2.45, 2.75) is 24.9 Å². The molecule has 0 bridgehead atoms. The lowest BCUT2D eigenvalue weighted by Crippen LogP contribution is -2.20. The van der Waals surface area contributed by atoms with Gasteiger partial charge in [0.1, 0.15) is 5.01 Å². The van der Waals surface area contributed by atoms with Crippen LogP contribution in [-0.2, 0) is 11.2 Å². The minimum Gasteiger partial charge on any atom is -0.326 e. The largest absolute Gasteiger partial charge is 0.326 e. The molecule has 0 radical (unpaired) electrons. The summed E-state index contributed by atoms with van der Waals surface area (Å²) in [5, 5.41) is 4.42. The Labute approximate surface area is 181 Å². The number of para-hydroxylation sites is 1. The van der Waals surface area contributed by atoms with Crippen LogP contribution < -0.4 is 10.9 Å². The van der Waals surface area contributed by atoms with E-state index in [1.807, 2.05) is 48.7 Å². The van der Waals surface area contributed by atoms with E-state index in [2.05, 4.69) is 26.3 Å². The Balaban J connectivity index is 1.40. The Morgan fingerprint density at radius 2 is 1.90 bits per heavy atom. The number of aryl methyl sites for hydroxylation is 1. The Morgan fingerprint density at radius 1 is 1.13 bits per heavy atom. The van der Waals surface area contributed by atoms with Crippen LogP contribution in [0.1, 0.15) is 17.7 Å². The van der Waals surface area contributed by atoms with Crippen LogP contribution in [-0.4, -0.2) is 27.1 Å². The van der Waals surface area contributed by atoms with E-state index in [0.29, 0.717) is 28.5 Å². The highest BCUT2D eigenvalue weighted by molar-refractivity contribution is 7.98. The minimum absolute atomic E-state index is 0.143. The van der Waals surface area contributed by atoms with Crippen molar-refractivity contribution < 1.29 is 4.79 Å². The van der Waals surface area contributed by atoms with Gasteiger partial charge in [-0.1, -0.05) is 23.9 Å². The summed E-state index contributed by atoms with van der Waals surface area (Å²) in [6.45, 7) is 1.79. The Hall–Kier alpha value is -2.97. The number of nitrogens with zero attached hydrogens (tertiary/aromatic N) is 2. The summed E-state index contributed by atoms with van der Waals surface area (Å²) in [5.41, 5.74) is 3.74. The van der Waals surface area contributed by atoms with Crippen LogP contribution in [0.4, 0.5) is 5.69 Å². The number of carbonyl (C=O) groups is 1. The molecular weight excluding hydrogens is 416 g/mol. The number of H-pyrrole nitrogens is 1. The number of amides is 1. The number of aromatic nitrogens is 3. The van der Waals surface area contributed by atoms with Gasteiger partial charge in [-0.3, -0.25) is 9.59 Å². The molecule has 8 heteroatoms. The number of hydrogen-bond donors (Lipinski definition) is 2. The zero-order chi connectivity index (χ0) is 21.1. The number of anilines is 1. The number of rotatable bonds is 6. The van der Waals surface area contributed by atoms with E-state index in [1.54, 1.807) is 18.3 Å². The summed E-state index contributed by atoms with van der Waals surface area (Å²) >= 11 is 3.03. The van der Waals surface area contributed by atoms with Crippen LogP contribution >= 0.6 is 23.1 Å². The maximum atomic E-state index is 12.3. The molecule has 0 aliphatic rings. The van der Waals surface area contributed by atoms with Gasteiger partial charge in [-0.2, -0.15) is 0 Å². The molecule has 0 atom stereocenters. The summed E-state index contributed by atoms with van der Waals surface area (Å²) < 4.78 is 1.15. The first-order chi connectivity index (χ1) is 14.5. The first-order valence-corrected chi connectivity index (χ1v) is 11.5. The zero-order valence-electron chi connectivity index (χ0n) is 16.6. The molecule has 0 saturated heterocycles. The standard InChI is InChI=1S/C22H20N4O2S2/c1-13-16(20(28)26-22(23-13)29-2)11-12-19(27)24-15-9-7-14(8-10-15)21-25-17-5-3-4-6-18(17)30-21/h3-10H,11-12H2,1-2H3,(H,24,27)(H,23,26,28). The molecule has 152 valence electrons. The molecule has 6 nitrogen and oxygen atoms in total. The molecule has 2 aromatic carbocycles. The third kappa shape index (κ3) is 4.44. The highest BCUT2D eigenvalue weighted by Crippen LogP contribution is 2.30. The highest BCUT2D eigenvalue weighted by atomic mass is 32.2. The van der Waals surface area contributed by atoms with Crippen LogP contribution in [0.25, 0.3) is 20.8 Å². The fourth-order valence-corrected chi connectivity index (χ4v) is 4.52. The number of fused-ring (bicyclic) bond motifs is 1. The second kappa shape index (κ2) is 8.81. The van der Waals surface area contributed by atoms with Crippen molar-refractivity contribution in [1.82, 2.24) is 15.0 Å². The van der Waals surface area contributed by atoms with Gasteiger partial charge in [0.25, 0.3) is 5.56 Å². The number of nitrogens with one attached hydrogen (secondary N) is 2. The minimum atomic E-state index is -0.181. The smallest absolute Gasteiger partial charge is 0.254 e. The second-order valence-electron chi connectivity index (χ2n) is 6.75. The summed E-state index contributed by atoms with van der Waals surface area (Å²) in [6.07, 6.45) is 2.41. The van der Waals surface area contributed by atoms with Gasteiger partial charge in [-0.05, 0) is 56.0 Å². The van der Waals surface area contributed by atoms with E-state index >= 15 is 0 Å². The maximum Gasteiger partial charge on any atom is 0.254 e. The number of aromatic amines is 1. The van der Waals surface area contributed by atoms with Crippen molar-refractivity contribution >= 4 is 44.9 Å². The van der Waals surface area contributed by atoms with Crippen molar-refractivity contribution in [2.75, 3.05) is 11.6 Å². The van der Waals surface area contributed by atoms with E-state index in [9.17, 15) is 9.59 Å². The molecule has 4 aromatic rings. The zero-order valence-corrected chi connectivity index (χ0v) is 18.2. The van der Waals surface area contributed by atoms with E-state index in [4.69, 9.17) is 0 Å². The molecule has 0 aliphatic carbocycles. The lowest BCUT2D eigenvalue weighted by atomic mass is 10.1. The lowest BCUT2D eigenvalue weighted by Gasteiger charge is -2.08. The van der Waals surface area contributed by atoms with Crippen molar-refractivity contribution in [1.29, 1.82) is 0 Å². The molecule has 0 saturated carbocycles. The van der Waals surface area contributed by atoms with Gasteiger partial charge in [-0.15, -0.1) is 11.3 Å². The van der Waals surface area contributed by atoms with Gasteiger partial charge in [0.05, 0.1) is 10.2 Å². The number of benzene rings is 2. The number of hydrogen-bond acceptors (Lipinski definition) is 6. The Morgan fingerprint density at radius 3 is 2.60 bits per heavy atom. The monoisotopic (exact) mass is 436 g/mol. The molecule has 30 heavy (non-hydrogen) atoms. The summed E-state index contributed by atoms with van der Waals surface area (Å²) in [5.74, 6) is -0.143. The average molecular weight is 437 g/mol. The van der Waals surface area contributed by atoms with Gasteiger partial charge in [0.15, 0.2) is 5.16 Å². The van der Waals surface area contributed by atoms with Crippen LogP contribution in [0, 0.1) is 6.92 Å². The van der Waals surface area contributed by atoms with Crippen LogP contribution in [0.5, 0.6) is 0 Å². The van der Waals surface area contributed by atoms with E-state index in [0.717, 1.165) is 20.8 Å². The van der Waals surface area contributed by atoms with Crippen molar-refractivity contribution in [3.05, 3.63) is 70.1 Å². The molecule has 0 unspecified atom stereocenters. The molecule has 0 fully saturated rings. The molecule has 1 amide bonds. The number of carbonyl (C=O) groups excluding carboxylic acids is 1. The van der Waals surface area contributed by atoms with Crippen LogP contribution in [0.2, 0.25) is 0 Å². The van der Waals surface area contributed by atoms with Crippen molar-refractivity contribution in [3.8, 4) is 10.6 Å². The number of thioether (sulfide) groups is 1. The third-order valence-electron chi connectivity index (χ3n) is 4.71. The quantitative estimate of drug-likeness (QED) is 0.339. The fourth-order valence-electron chi connectivity index (χ4n) is 3.13. The van der Waals surface area contributed by atoms with Gasteiger partial charge in [-0.25, -0.2) is 9.97 Å². The SMILES string of the molecule is CSc1nc(C)c(CCC(=O)Nc2ccc(-c3nc4ccccc4s3)cc2)c(=O)[nH]1. The topological polar surface area (TPSA) is 87.7 Å². The van der Waals surface area contributed by atoms with Gasteiger partial charge in [0, 0.05) is 28.9 Å². The molecule has 0 spiro atoms. The third-order valence-corrected chi connectivity index (χ3v) is 6.37. The Bertz CT molecular complexity index is 1230. The molecule has 2 heterocycles. The van der Waals surface area contributed by atoms with E-state index < -0.39 is 0 Å². The summed E-state index contributed by atoms with van der Waals surface area (Å²) in [7, 11) is 0. The first kappa shape index (κ1) is 20.3. The van der Waals surface area contributed by atoms with Gasteiger partial charge < -0.3 is 10.3 Å². The van der Waals surface area contributed by atoms with E-state index in [-0.39, 0.29) is 17.9 Å². The lowest BCUT2D eigenvalue weighted by molar-refractivity contribution is -0.116.